The molecule has 0 saturated carbocycles. The van der Waals surface area contributed by atoms with Crippen LogP contribution in [0.5, 0.6) is 0 Å². The van der Waals surface area contributed by atoms with E-state index < -0.39 is 16.0 Å². The number of aromatic carboxylic acids is 1. The van der Waals surface area contributed by atoms with Crippen molar-refractivity contribution in [3.63, 3.8) is 0 Å². The summed E-state index contributed by atoms with van der Waals surface area (Å²) < 4.78 is 26.9. The quantitative estimate of drug-likeness (QED) is 0.897. The number of carboxylic acid groups (broad SMARTS) is 1. The lowest BCUT2D eigenvalue weighted by atomic mass is 9.93. The average molecular weight is 362 g/mol. The van der Waals surface area contributed by atoms with Crippen molar-refractivity contribution in [1.29, 1.82) is 0 Å². The highest BCUT2D eigenvalue weighted by molar-refractivity contribution is 9.10. The summed E-state index contributed by atoms with van der Waals surface area (Å²) in [5.74, 6) is -1.09. The molecule has 0 unspecified atom stereocenters. The number of hydrogen-bond donors (Lipinski definition) is 1. The molecule has 0 aliphatic carbocycles. The number of hydrogen-bond acceptors (Lipinski definition) is 3. The molecule has 1 fully saturated rings. The van der Waals surface area contributed by atoms with Gasteiger partial charge >= 0.3 is 5.97 Å². The van der Waals surface area contributed by atoms with Gasteiger partial charge in [0.05, 0.1) is 10.5 Å². The van der Waals surface area contributed by atoms with Crippen LogP contribution in [0.15, 0.2) is 27.6 Å². The lowest BCUT2D eigenvalue weighted by Gasteiger charge is -2.20. The third kappa shape index (κ3) is 2.89. The third-order valence-electron chi connectivity index (χ3n) is 3.44. The first-order valence-electron chi connectivity index (χ1n) is 6.16. The molecule has 1 aliphatic heterocycles. The van der Waals surface area contributed by atoms with Crippen molar-refractivity contribution in [3.05, 3.63) is 28.2 Å². The molecule has 1 heterocycles. The number of carbonyl (C=O) groups is 1. The van der Waals surface area contributed by atoms with Gasteiger partial charge in [0.25, 0.3) is 0 Å². The van der Waals surface area contributed by atoms with Gasteiger partial charge < -0.3 is 5.11 Å². The molecular formula is C13H16BrNO4S. The molecule has 0 aromatic heterocycles. The Hall–Kier alpha value is -0.920. The molecule has 1 aromatic carbocycles. The molecule has 1 aromatic rings. The Labute approximate surface area is 126 Å². The van der Waals surface area contributed by atoms with Crippen molar-refractivity contribution in [2.45, 2.75) is 25.2 Å². The van der Waals surface area contributed by atoms with Gasteiger partial charge in [0.1, 0.15) is 0 Å². The molecule has 0 radical (unpaired) electrons. The SMILES string of the molecule is CC1(C)CCN(S(=O)(=O)c2ccc(C(=O)O)cc2Br)C1. The van der Waals surface area contributed by atoms with E-state index >= 15 is 0 Å². The number of benzene rings is 1. The summed E-state index contributed by atoms with van der Waals surface area (Å²) in [6, 6.07) is 3.96. The number of carboxylic acids is 1. The average Bonchev–Trinajstić information content (AvgIpc) is 2.69. The second-order valence-corrected chi connectivity index (χ2v) is 8.46. The van der Waals surface area contributed by atoms with Crippen molar-refractivity contribution < 1.29 is 18.3 Å². The van der Waals surface area contributed by atoms with E-state index in [0.29, 0.717) is 13.1 Å². The van der Waals surface area contributed by atoms with Crippen LogP contribution in [0.2, 0.25) is 0 Å². The van der Waals surface area contributed by atoms with E-state index in [1.54, 1.807) is 0 Å². The van der Waals surface area contributed by atoms with Crippen molar-refractivity contribution in [1.82, 2.24) is 4.31 Å². The smallest absolute Gasteiger partial charge is 0.335 e. The first kappa shape index (κ1) is 15.5. The molecule has 7 heteroatoms. The lowest BCUT2D eigenvalue weighted by molar-refractivity contribution is 0.0696. The van der Waals surface area contributed by atoms with Crippen molar-refractivity contribution in [2.75, 3.05) is 13.1 Å². The first-order valence-corrected chi connectivity index (χ1v) is 8.40. The Kier molecular flexibility index (Phi) is 3.96. The summed E-state index contributed by atoms with van der Waals surface area (Å²) in [4.78, 5) is 11.0. The Morgan fingerprint density at radius 2 is 2.05 bits per heavy atom. The van der Waals surface area contributed by atoms with E-state index in [-0.39, 0.29) is 20.3 Å². The molecule has 0 amide bonds. The summed E-state index contributed by atoms with van der Waals surface area (Å²) in [6.45, 7) is 5.03. The Balaban J connectivity index is 2.38. The van der Waals surface area contributed by atoms with Crippen molar-refractivity contribution >= 4 is 31.9 Å². The molecule has 5 nitrogen and oxygen atoms in total. The van der Waals surface area contributed by atoms with Gasteiger partial charge in [-0.05, 0) is 46.0 Å². The molecule has 0 bridgehead atoms. The first-order chi connectivity index (χ1) is 9.13. The largest absolute Gasteiger partial charge is 0.478 e. The summed E-state index contributed by atoms with van der Waals surface area (Å²) in [7, 11) is -3.59. The van der Waals surface area contributed by atoms with Gasteiger partial charge in [-0.25, -0.2) is 13.2 Å². The summed E-state index contributed by atoms with van der Waals surface area (Å²) >= 11 is 3.16. The zero-order chi connectivity index (χ0) is 15.1. The van der Waals surface area contributed by atoms with Crippen LogP contribution in [-0.2, 0) is 10.0 Å². The Morgan fingerprint density at radius 3 is 2.50 bits per heavy atom. The van der Waals surface area contributed by atoms with E-state index in [0.717, 1.165) is 6.42 Å². The molecule has 0 atom stereocenters. The van der Waals surface area contributed by atoms with E-state index in [1.807, 2.05) is 13.8 Å². The molecule has 2 rings (SSSR count). The molecule has 1 saturated heterocycles. The minimum Gasteiger partial charge on any atom is -0.478 e. The van der Waals surface area contributed by atoms with Crippen LogP contribution in [-0.4, -0.2) is 36.9 Å². The maximum atomic E-state index is 12.6. The van der Waals surface area contributed by atoms with Gasteiger partial charge in [-0.3, -0.25) is 0 Å². The normalized spacial score (nSPS) is 19.1. The summed E-state index contributed by atoms with van der Waals surface area (Å²) in [5.41, 5.74) is 0.0261. The monoisotopic (exact) mass is 361 g/mol. The molecule has 0 spiro atoms. The van der Waals surface area contributed by atoms with Crippen LogP contribution in [0.4, 0.5) is 0 Å². The maximum Gasteiger partial charge on any atom is 0.335 e. The van der Waals surface area contributed by atoms with E-state index in [4.69, 9.17) is 5.11 Å². The molecule has 20 heavy (non-hydrogen) atoms. The van der Waals surface area contributed by atoms with Crippen LogP contribution in [0.3, 0.4) is 0 Å². The van der Waals surface area contributed by atoms with Gasteiger partial charge in [-0.1, -0.05) is 13.8 Å². The van der Waals surface area contributed by atoms with Crippen molar-refractivity contribution in [3.8, 4) is 0 Å². The standard InChI is InChI=1S/C13H16BrNO4S/c1-13(2)5-6-15(8-13)20(18,19)11-4-3-9(12(16)17)7-10(11)14/h3-4,7H,5-6,8H2,1-2H3,(H,16,17). The fraction of sp³-hybridized carbons (Fsp3) is 0.462. The molecule has 110 valence electrons. The number of rotatable bonds is 3. The number of nitrogens with zero attached hydrogens (tertiary/aromatic N) is 1. The zero-order valence-corrected chi connectivity index (χ0v) is 13.7. The minimum atomic E-state index is -3.59. The van der Waals surface area contributed by atoms with E-state index in [9.17, 15) is 13.2 Å². The highest BCUT2D eigenvalue weighted by Gasteiger charge is 2.37. The van der Waals surface area contributed by atoms with Gasteiger partial charge in [0, 0.05) is 17.6 Å². The van der Waals surface area contributed by atoms with Gasteiger partial charge in [0.15, 0.2) is 0 Å². The Bertz CT molecular complexity index is 654. The van der Waals surface area contributed by atoms with Gasteiger partial charge in [-0.2, -0.15) is 4.31 Å². The number of sulfonamides is 1. The van der Waals surface area contributed by atoms with Crippen LogP contribution in [0.25, 0.3) is 0 Å². The fourth-order valence-corrected chi connectivity index (χ4v) is 4.92. The molecule has 1 aliphatic rings. The lowest BCUT2D eigenvalue weighted by Crippen LogP contribution is -2.30. The van der Waals surface area contributed by atoms with Crippen LogP contribution < -0.4 is 0 Å². The predicted octanol–water partition coefficient (Wildman–Crippen LogP) is 2.57. The highest BCUT2D eigenvalue weighted by Crippen LogP contribution is 2.34. The molecule has 1 N–H and O–H groups in total. The maximum absolute atomic E-state index is 12.6. The highest BCUT2D eigenvalue weighted by atomic mass is 79.9. The van der Waals surface area contributed by atoms with Crippen LogP contribution in [0, 0.1) is 5.41 Å². The second-order valence-electron chi connectivity index (χ2n) is 5.70. The van der Waals surface area contributed by atoms with Gasteiger partial charge in [0.2, 0.25) is 10.0 Å². The summed E-state index contributed by atoms with van der Waals surface area (Å²) in [6.07, 6.45) is 0.817. The number of halogens is 1. The van der Waals surface area contributed by atoms with E-state index in [2.05, 4.69) is 15.9 Å². The Morgan fingerprint density at radius 1 is 1.40 bits per heavy atom. The third-order valence-corrected chi connectivity index (χ3v) is 6.26. The van der Waals surface area contributed by atoms with E-state index in [1.165, 1.54) is 22.5 Å². The topological polar surface area (TPSA) is 74.7 Å². The molecular weight excluding hydrogens is 346 g/mol. The predicted molar refractivity (Wildman–Crippen MR) is 78.3 cm³/mol. The fourth-order valence-electron chi connectivity index (χ4n) is 2.25. The van der Waals surface area contributed by atoms with Crippen LogP contribution in [0.1, 0.15) is 30.6 Å². The summed E-state index contributed by atoms with van der Waals surface area (Å²) in [5, 5.41) is 8.90. The van der Waals surface area contributed by atoms with Gasteiger partial charge in [-0.15, -0.1) is 0 Å². The minimum absolute atomic E-state index is 0.0272. The van der Waals surface area contributed by atoms with Crippen LogP contribution >= 0.6 is 15.9 Å². The zero-order valence-electron chi connectivity index (χ0n) is 11.3. The van der Waals surface area contributed by atoms with Crippen molar-refractivity contribution in [2.24, 2.45) is 5.41 Å². The second kappa shape index (κ2) is 5.13.